The van der Waals surface area contributed by atoms with Crippen LogP contribution in [-0.2, 0) is 13.5 Å². The largest absolute Gasteiger partial charge is 0.313 e. The molecule has 3 nitrogen and oxygen atoms in total. The minimum Gasteiger partial charge on any atom is -0.313 e. The molecule has 20 heavy (non-hydrogen) atoms. The van der Waals surface area contributed by atoms with Gasteiger partial charge in [0.05, 0.1) is 16.4 Å². The van der Waals surface area contributed by atoms with Gasteiger partial charge >= 0.3 is 0 Å². The quantitative estimate of drug-likeness (QED) is 0.680. The van der Waals surface area contributed by atoms with Crippen molar-refractivity contribution in [1.29, 1.82) is 0 Å². The van der Waals surface area contributed by atoms with Crippen molar-refractivity contribution in [3.63, 3.8) is 0 Å². The molecule has 2 rings (SSSR count). The van der Waals surface area contributed by atoms with Gasteiger partial charge in [-0.2, -0.15) is 5.10 Å². The molecule has 0 saturated carbocycles. The lowest BCUT2D eigenvalue weighted by molar-refractivity contribution is 0.559. The molecule has 1 aromatic heterocycles. The lowest BCUT2D eigenvalue weighted by atomic mass is 10.0. The smallest absolute Gasteiger partial charge is 0.0847 e. The number of rotatable bonds is 4. The summed E-state index contributed by atoms with van der Waals surface area (Å²) in [6.07, 6.45) is 0.797. The number of nitrogens with zero attached hydrogens (tertiary/aromatic N) is 2. The number of aromatic nitrogens is 2. The number of hydrogen-bond donors (Lipinski definition) is 1. The van der Waals surface area contributed by atoms with E-state index in [1.54, 1.807) is 0 Å². The second-order valence-corrected chi connectivity index (χ2v) is 7.16. The Morgan fingerprint density at radius 2 is 2.20 bits per heavy atom. The van der Waals surface area contributed by atoms with E-state index in [9.17, 15) is 0 Å². The lowest BCUT2D eigenvalue weighted by Crippen LogP contribution is -2.21. The Morgan fingerprint density at radius 3 is 2.75 bits per heavy atom. The maximum Gasteiger partial charge on any atom is 0.0847 e. The van der Waals surface area contributed by atoms with Gasteiger partial charge in [-0.25, -0.2) is 0 Å². The van der Waals surface area contributed by atoms with Crippen LogP contribution in [0.4, 0.5) is 0 Å². The van der Waals surface area contributed by atoms with Crippen LogP contribution in [-0.4, -0.2) is 16.8 Å². The average molecular weight is 469 g/mol. The average Bonchev–Trinajstić information content (AvgIpc) is 2.65. The van der Waals surface area contributed by atoms with Crippen LogP contribution in [0.2, 0.25) is 5.02 Å². The van der Waals surface area contributed by atoms with Crippen molar-refractivity contribution in [3.05, 3.63) is 48.2 Å². The molecule has 1 atom stereocenters. The first-order valence-corrected chi connectivity index (χ1v) is 8.49. The van der Waals surface area contributed by atoms with E-state index < -0.39 is 0 Å². The van der Waals surface area contributed by atoms with Crippen molar-refractivity contribution in [2.24, 2.45) is 7.05 Å². The molecule has 0 aliphatic heterocycles. The molecule has 1 unspecified atom stereocenters. The highest BCUT2D eigenvalue weighted by molar-refractivity contribution is 14.1. The zero-order valence-electron chi connectivity index (χ0n) is 11.5. The fraction of sp³-hybridized carbons (Fsp3) is 0.357. The van der Waals surface area contributed by atoms with E-state index in [4.69, 9.17) is 11.6 Å². The second-order valence-electron chi connectivity index (χ2n) is 4.68. The lowest BCUT2D eigenvalue weighted by Gasteiger charge is -2.19. The fourth-order valence-corrected chi connectivity index (χ4v) is 3.52. The summed E-state index contributed by atoms with van der Waals surface area (Å²) in [6.45, 7) is 1.93. The summed E-state index contributed by atoms with van der Waals surface area (Å²) < 4.78 is 4.18. The van der Waals surface area contributed by atoms with Crippen molar-refractivity contribution >= 4 is 50.1 Å². The molecule has 0 spiro atoms. The van der Waals surface area contributed by atoms with E-state index in [0.717, 1.165) is 27.3 Å². The van der Waals surface area contributed by atoms with Crippen molar-refractivity contribution in [2.75, 3.05) is 7.05 Å². The molecule has 1 aromatic carbocycles. The van der Waals surface area contributed by atoms with Crippen LogP contribution in [0.15, 0.2) is 22.7 Å². The van der Waals surface area contributed by atoms with Crippen LogP contribution in [0.3, 0.4) is 0 Å². The highest BCUT2D eigenvalue weighted by atomic mass is 127. The van der Waals surface area contributed by atoms with Crippen molar-refractivity contribution in [1.82, 2.24) is 15.1 Å². The van der Waals surface area contributed by atoms with Gasteiger partial charge in [0.1, 0.15) is 0 Å². The van der Waals surface area contributed by atoms with E-state index >= 15 is 0 Å². The molecule has 6 heteroatoms. The van der Waals surface area contributed by atoms with Crippen LogP contribution in [0, 0.1) is 10.5 Å². The van der Waals surface area contributed by atoms with E-state index in [0.29, 0.717) is 0 Å². The second kappa shape index (κ2) is 6.77. The molecule has 0 saturated heterocycles. The standard InChI is InChI=1S/C14H16BrClIN3/c1-8-14(16)13(20(3)19-8)7-12(18-2)10-6-9(17)4-5-11(10)15/h4-6,12,18H,7H2,1-3H3. The van der Waals surface area contributed by atoms with Gasteiger partial charge in [0, 0.05) is 27.6 Å². The summed E-state index contributed by atoms with van der Waals surface area (Å²) in [5.74, 6) is 0. The molecule has 2 aromatic rings. The Labute approximate surface area is 146 Å². The molecule has 0 aliphatic rings. The molecule has 1 N–H and O–H groups in total. The van der Waals surface area contributed by atoms with E-state index in [2.05, 4.69) is 67.1 Å². The third-order valence-corrected chi connectivity index (χ3v) is 5.23. The number of aryl methyl sites for hydroxylation is 2. The Morgan fingerprint density at radius 1 is 1.50 bits per heavy atom. The number of hydrogen-bond acceptors (Lipinski definition) is 2. The Hall–Kier alpha value is -0.110. The first kappa shape index (κ1) is 16.3. The zero-order valence-corrected chi connectivity index (χ0v) is 16.0. The number of halogens is 3. The maximum absolute atomic E-state index is 6.35. The molecule has 0 radical (unpaired) electrons. The molecule has 0 fully saturated rings. The van der Waals surface area contributed by atoms with Gasteiger partial charge in [-0.05, 0) is 60.3 Å². The first-order valence-electron chi connectivity index (χ1n) is 6.24. The summed E-state index contributed by atoms with van der Waals surface area (Å²) in [7, 11) is 3.90. The monoisotopic (exact) mass is 467 g/mol. The molecule has 0 aliphatic carbocycles. The third kappa shape index (κ3) is 3.37. The summed E-state index contributed by atoms with van der Waals surface area (Å²) in [4.78, 5) is 0. The van der Waals surface area contributed by atoms with Crippen LogP contribution in [0.1, 0.15) is 23.0 Å². The van der Waals surface area contributed by atoms with Gasteiger partial charge in [0.25, 0.3) is 0 Å². The summed E-state index contributed by atoms with van der Waals surface area (Å²) in [5.41, 5.74) is 3.16. The van der Waals surface area contributed by atoms with Gasteiger partial charge in [0.2, 0.25) is 0 Å². The molecular weight excluding hydrogens is 452 g/mol. The number of likely N-dealkylation sites (N-methyl/N-ethyl adjacent to an activating group) is 1. The highest BCUT2D eigenvalue weighted by Gasteiger charge is 2.19. The first-order chi connectivity index (χ1) is 9.43. The number of benzene rings is 1. The minimum atomic E-state index is 0.186. The molecule has 1 heterocycles. The van der Waals surface area contributed by atoms with Gasteiger partial charge in [-0.3, -0.25) is 4.68 Å². The van der Waals surface area contributed by atoms with Gasteiger partial charge in [-0.15, -0.1) is 0 Å². The van der Waals surface area contributed by atoms with Crippen molar-refractivity contribution < 1.29 is 0 Å². The van der Waals surface area contributed by atoms with E-state index in [1.165, 1.54) is 9.13 Å². The number of nitrogens with one attached hydrogen (secondary N) is 1. The van der Waals surface area contributed by atoms with Gasteiger partial charge in [-0.1, -0.05) is 27.5 Å². The van der Waals surface area contributed by atoms with Gasteiger partial charge in [0.15, 0.2) is 0 Å². The van der Waals surface area contributed by atoms with Crippen LogP contribution in [0.5, 0.6) is 0 Å². The van der Waals surface area contributed by atoms with Crippen molar-refractivity contribution in [2.45, 2.75) is 19.4 Å². The van der Waals surface area contributed by atoms with E-state index in [-0.39, 0.29) is 6.04 Å². The summed E-state index contributed by atoms with van der Waals surface area (Å²) in [6, 6.07) is 6.54. The van der Waals surface area contributed by atoms with Gasteiger partial charge < -0.3 is 5.32 Å². The predicted molar refractivity (Wildman–Crippen MR) is 95.3 cm³/mol. The maximum atomic E-state index is 6.35. The Balaban J connectivity index is 2.36. The minimum absolute atomic E-state index is 0.186. The molecule has 0 amide bonds. The van der Waals surface area contributed by atoms with Crippen molar-refractivity contribution in [3.8, 4) is 0 Å². The van der Waals surface area contributed by atoms with Crippen LogP contribution < -0.4 is 5.32 Å². The third-order valence-electron chi connectivity index (χ3n) is 3.34. The highest BCUT2D eigenvalue weighted by Crippen LogP contribution is 2.30. The predicted octanol–water partition coefficient (Wildman–Crippen LogP) is 4.25. The summed E-state index contributed by atoms with van der Waals surface area (Å²) >= 11 is 12.3. The normalized spacial score (nSPS) is 12.7. The SMILES string of the molecule is CNC(Cc1c(Cl)c(C)nn1C)c1cc(I)ccc1Br. The summed E-state index contributed by atoms with van der Waals surface area (Å²) in [5, 5.41) is 8.50. The topological polar surface area (TPSA) is 29.9 Å². The van der Waals surface area contributed by atoms with Crippen LogP contribution in [0.25, 0.3) is 0 Å². The van der Waals surface area contributed by atoms with E-state index in [1.807, 2.05) is 25.7 Å². The molecule has 108 valence electrons. The Kier molecular flexibility index (Phi) is 5.50. The fourth-order valence-electron chi connectivity index (χ4n) is 2.24. The zero-order chi connectivity index (χ0) is 14.9. The molecule has 0 bridgehead atoms. The Bertz CT molecular complexity index is 627. The van der Waals surface area contributed by atoms with Crippen LogP contribution >= 0.6 is 50.1 Å². The molecular formula is C14H16BrClIN3.